The van der Waals surface area contributed by atoms with E-state index in [2.05, 4.69) is 30.9 Å². The van der Waals surface area contributed by atoms with Crippen molar-refractivity contribution in [3.05, 3.63) is 0 Å². The first-order valence-corrected chi connectivity index (χ1v) is 10.1. The average Bonchev–Trinajstić information content (AvgIpc) is 2.44. The van der Waals surface area contributed by atoms with Crippen molar-refractivity contribution in [2.45, 2.75) is 65.5 Å². The summed E-state index contributed by atoms with van der Waals surface area (Å²) in [5, 5.41) is 3.79. The maximum Gasteiger partial charge on any atom is 0.410 e. The number of hydrogen-bond donors (Lipinski definition) is 1. The highest BCUT2D eigenvalue weighted by atomic mass is 32.2. The molecular weight excluding hydrogens is 308 g/mol. The second-order valence-corrected chi connectivity index (χ2v) is 9.86. The van der Waals surface area contributed by atoms with Gasteiger partial charge in [0, 0.05) is 24.9 Å². The van der Waals surface area contributed by atoms with Gasteiger partial charge in [-0.2, -0.15) is 11.8 Å². The number of nitrogens with one attached hydrogen (secondary N) is 1. The van der Waals surface area contributed by atoms with Gasteiger partial charge in [0.1, 0.15) is 5.60 Å². The Morgan fingerprint density at radius 3 is 2.78 bits per heavy atom. The summed E-state index contributed by atoms with van der Waals surface area (Å²) in [6.07, 6.45) is 3.40. The first-order valence-electron chi connectivity index (χ1n) is 8.96. The number of carbonyl (C=O) groups excluding carboxylic acids is 1. The van der Waals surface area contributed by atoms with E-state index in [1.807, 2.05) is 25.7 Å². The lowest BCUT2D eigenvalue weighted by Crippen LogP contribution is -2.50. The van der Waals surface area contributed by atoms with E-state index in [0.717, 1.165) is 26.1 Å². The fourth-order valence-corrected chi connectivity index (χ4v) is 4.95. The predicted molar refractivity (Wildman–Crippen MR) is 98.0 cm³/mol. The summed E-state index contributed by atoms with van der Waals surface area (Å²) >= 11 is 2.06. The summed E-state index contributed by atoms with van der Waals surface area (Å²) in [6, 6.07) is 0.582. The summed E-state index contributed by atoms with van der Waals surface area (Å²) in [7, 11) is 0. The SMILES string of the molecule is CC(C)(C)OC(=O)N1CCCC(CNC2CSCCC2(C)C)C1. The lowest BCUT2D eigenvalue weighted by molar-refractivity contribution is 0.0163. The fourth-order valence-electron chi connectivity index (χ4n) is 3.30. The minimum absolute atomic E-state index is 0.157. The van der Waals surface area contributed by atoms with Crippen LogP contribution in [0, 0.1) is 11.3 Å². The van der Waals surface area contributed by atoms with Gasteiger partial charge in [-0.05, 0) is 63.7 Å². The molecule has 0 radical (unpaired) electrons. The number of likely N-dealkylation sites (tertiary alicyclic amines) is 1. The van der Waals surface area contributed by atoms with Crippen LogP contribution in [-0.4, -0.2) is 53.8 Å². The van der Waals surface area contributed by atoms with Crippen LogP contribution in [0.2, 0.25) is 0 Å². The Bertz CT molecular complexity index is 406. The molecule has 0 aromatic heterocycles. The number of carbonyl (C=O) groups is 1. The van der Waals surface area contributed by atoms with Crippen molar-refractivity contribution in [3.63, 3.8) is 0 Å². The first-order chi connectivity index (χ1) is 10.7. The molecule has 2 aliphatic heterocycles. The second kappa shape index (κ2) is 7.64. The monoisotopic (exact) mass is 342 g/mol. The van der Waals surface area contributed by atoms with E-state index in [1.165, 1.54) is 24.3 Å². The van der Waals surface area contributed by atoms with Crippen molar-refractivity contribution in [3.8, 4) is 0 Å². The van der Waals surface area contributed by atoms with E-state index in [0.29, 0.717) is 17.4 Å². The molecule has 0 aromatic rings. The Kier molecular flexibility index (Phi) is 6.28. The van der Waals surface area contributed by atoms with Crippen LogP contribution in [0.3, 0.4) is 0 Å². The maximum atomic E-state index is 12.2. The van der Waals surface area contributed by atoms with Crippen molar-refractivity contribution in [1.29, 1.82) is 0 Å². The quantitative estimate of drug-likeness (QED) is 0.848. The normalized spacial score (nSPS) is 28.5. The van der Waals surface area contributed by atoms with Crippen LogP contribution in [0.1, 0.15) is 53.9 Å². The third-order valence-corrected chi connectivity index (χ3v) is 6.00. The van der Waals surface area contributed by atoms with Gasteiger partial charge in [-0.3, -0.25) is 0 Å². The van der Waals surface area contributed by atoms with Crippen molar-refractivity contribution >= 4 is 17.9 Å². The van der Waals surface area contributed by atoms with Gasteiger partial charge in [0.2, 0.25) is 0 Å². The standard InChI is InChI=1S/C18H34N2O2S/c1-17(2,3)22-16(21)20-9-6-7-14(12-20)11-19-15-13-23-10-8-18(15,4)5/h14-15,19H,6-13H2,1-5H3. The summed E-state index contributed by atoms with van der Waals surface area (Å²) in [5.74, 6) is 3.02. The number of amides is 1. The Balaban J connectivity index is 1.81. The first kappa shape index (κ1) is 18.9. The van der Waals surface area contributed by atoms with Crippen molar-refractivity contribution in [2.24, 2.45) is 11.3 Å². The molecule has 0 aliphatic carbocycles. The number of ether oxygens (including phenoxy) is 1. The molecule has 0 bridgehead atoms. The fraction of sp³-hybridized carbons (Fsp3) is 0.944. The van der Waals surface area contributed by atoms with Crippen LogP contribution in [0.25, 0.3) is 0 Å². The van der Waals surface area contributed by atoms with Gasteiger partial charge in [-0.25, -0.2) is 4.79 Å². The Morgan fingerprint density at radius 2 is 2.13 bits per heavy atom. The molecule has 2 heterocycles. The second-order valence-electron chi connectivity index (χ2n) is 8.71. The molecule has 0 saturated carbocycles. The molecule has 4 nitrogen and oxygen atoms in total. The minimum Gasteiger partial charge on any atom is -0.444 e. The zero-order valence-electron chi connectivity index (χ0n) is 15.5. The van der Waals surface area contributed by atoms with Gasteiger partial charge in [-0.1, -0.05) is 13.8 Å². The molecule has 2 aliphatic rings. The van der Waals surface area contributed by atoms with E-state index >= 15 is 0 Å². The average molecular weight is 343 g/mol. The third-order valence-electron chi connectivity index (χ3n) is 4.94. The Labute approximate surface area is 146 Å². The molecule has 134 valence electrons. The topological polar surface area (TPSA) is 41.6 Å². The van der Waals surface area contributed by atoms with Crippen molar-refractivity contribution in [2.75, 3.05) is 31.1 Å². The summed E-state index contributed by atoms with van der Waals surface area (Å²) in [5.41, 5.74) is -0.0314. The van der Waals surface area contributed by atoms with E-state index in [9.17, 15) is 4.79 Å². The number of rotatable bonds is 3. The molecule has 2 saturated heterocycles. The molecule has 1 amide bonds. The van der Waals surface area contributed by atoms with Gasteiger partial charge < -0.3 is 15.0 Å². The smallest absolute Gasteiger partial charge is 0.410 e. The maximum absolute atomic E-state index is 12.2. The number of hydrogen-bond acceptors (Lipinski definition) is 4. The highest BCUT2D eigenvalue weighted by Gasteiger charge is 2.33. The highest BCUT2D eigenvalue weighted by Crippen LogP contribution is 2.34. The number of nitrogens with zero attached hydrogens (tertiary/aromatic N) is 1. The molecule has 23 heavy (non-hydrogen) atoms. The van der Waals surface area contributed by atoms with Crippen molar-refractivity contribution < 1.29 is 9.53 Å². The van der Waals surface area contributed by atoms with E-state index in [4.69, 9.17) is 4.74 Å². The Morgan fingerprint density at radius 1 is 1.39 bits per heavy atom. The molecule has 2 unspecified atom stereocenters. The molecule has 0 aromatic carbocycles. The van der Waals surface area contributed by atoms with Crippen LogP contribution in [0.5, 0.6) is 0 Å². The zero-order valence-corrected chi connectivity index (χ0v) is 16.3. The van der Waals surface area contributed by atoms with Gasteiger partial charge in [0.25, 0.3) is 0 Å². The van der Waals surface area contributed by atoms with Crippen LogP contribution < -0.4 is 5.32 Å². The van der Waals surface area contributed by atoms with Gasteiger partial charge >= 0.3 is 6.09 Å². The zero-order chi connectivity index (χ0) is 17.1. The molecule has 0 spiro atoms. The predicted octanol–water partition coefficient (Wildman–Crippen LogP) is 3.75. The minimum atomic E-state index is -0.411. The van der Waals surface area contributed by atoms with E-state index < -0.39 is 5.60 Å². The molecule has 1 N–H and O–H groups in total. The van der Waals surface area contributed by atoms with Gasteiger partial charge in [-0.15, -0.1) is 0 Å². The van der Waals surface area contributed by atoms with E-state index in [-0.39, 0.29) is 6.09 Å². The lowest BCUT2D eigenvalue weighted by atomic mass is 9.82. The molecule has 2 fully saturated rings. The Hall–Kier alpha value is -0.420. The summed E-state index contributed by atoms with van der Waals surface area (Å²) in [4.78, 5) is 14.1. The van der Waals surface area contributed by atoms with Crippen LogP contribution in [0.15, 0.2) is 0 Å². The molecule has 2 atom stereocenters. The number of thioether (sulfide) groups is 1. The highest BCUT2D eigenvalue weighted by molar-refractivity contribution is 7.99. The van der Waals surface area contributed by atoms with Crippen LogP contribution in [-0.2, 0) is 4.74 Å². The van der Waals surface area contributed by atoms with Gasteiger partial charge in [0.05, 0.1) is 0 Å². The summed E-state index contributed by atoms with van der Waals surface area (Å²) < 4.78 is 5.52. The largest absolute Gasteiger partial charge is 0.444 e. The van der Waals surface area contributed by atoms with E-state index in [1.54, 1.807) is 0 Å². The molecule has 2 rings (SSSR count). The summed E-state index contributed by atoms with van der Waals surface area (Å²) in [6.45, 7) is 13.2. The van der Waals surface area contributed by atoms with Crippen LogP contribution >= 0.6 is 11.8 Å². The lowest BCUT2D eigenvalue weighted by Gasteiger charge is -2.40. The van der Waals surface area contributed by atoms with Gasteiger partial charge in [0.15, 0.2) is 0 Å². The number of piperidine rings is 1. The molecular formula is C18H34N2O2S. The van der Waals surface area contributed by atoms with Crippen molar-refractivity contribution in [1.82, 2.24) is 10.2 Å². The van der Waals surface area contributed by atoms with Crippen LogP contribution in [0.4, 0.5) is 4.79 Å². The third kappa shape index (κ3) is 5.86. The molecule has 5 heteroatoms.